The van der Waals surface area contributed by atoms with Gasteiger partial charge >= 0.3 is 0 Å². The second-order valence-corrected chi connectivity index (χ2v) is 3.99. The zero-order valence-electron chi connectivity index (χ0n) is 9.03. The number of pyridine rings is 1. The minimum absolute atomic E-state index is 0.694. The summed E-state index contributed by atoms with van der Waals surface area (Å²) in [7, 11) is 0. The average molecular weight is 236 g/mol. The number of benzene rings is 1. The van der Waals surface area contributed by atoms with Gasteiger partial charge in [-0.3, -0.25) is 4.98 Å². The molecule has 1 heterocycles. The molecule has 1 aromatic heterocycles. The van der Waals surface area contributed by atoms with Crippen LogP contribution in [0.1, 0.15) is 12.8 Å². The summed E-state index contributed by atoms with van der Waals surface area (Å²) >= 11 is 5.59. The molecule has 16 heavy (non-hydrogen) atoms. The van der Waals surface area contributed by atoms with Gasteiger partial charge in [0.05, 0.1) is 18.3 Å². The van der Waals surface area contributed by atoms with E-state index in [1.54, 1.807) is 6.20 Å². The first-order chi connectivity index (χ1) is 7.90. The van der Waals surface area contributed by atoms with Crippen molar-refractivity contribution in [2.75, 3.05) is 12.5 Å². The van der Waals surface area contributed by atoms with Crippen LogP contribution in [0.15, 0.2) is 36.5 Å². The van der Waals surface area contributed by atoms with Gasteiger partial charge in [0.15, 0.2) is 0 Å². The lowest BCUT2D eigenvalue weighted by atomic mass is 10.2. The van der Waals surface area contributed by atoms with Gasteiger partial charge in [0, 0.05) is 11.3 Å². The van der Waals surface area contributed by atoms with Crippen molar-refractivity contribution >= 4 is 22.5 Å². The van der Waals surface area contributed by atoms with Gasteiger partial charge in [0.2, 0.25) is 0 Å². The highest BCUT2D eigenvalue weighted by Crippen LogP contribution is 2.17. The van der Waals surface area contributed by atoms with E-state index in [1.165, 1.54) is 0 Å². The van der Waals surface area contributed by atoms with Gasteiger partial charge < -0.3 is 4.74 Å². The van der Waals surface area contributed by atoms with E-state index in [-0.39, 0.29) is 0 Å². The monoisotopic (exact) mass is 235 g/mol. The van der Waals surface area contributed by atoms with Crippen molar-refractivity contribution in [2.24, 2.45) is 0 Å². The van der Waals surface area contributed by atoms with Crippen LogP contribution in [0.25, 0.3) is 10.9 Å². The molecule has 0 amide bonds. The predicted octanol–water partition coefficient (Wildman–Crippen LogP) is 3.63. The molecule has 3 heteroatoms. The Morgan fingerprint density at radius 2 is 2.06 bits per heavy atom. The summed E-state index contributed by atoms with van der Waals surface area (Å²) in [5, 5.41) is 1.11. The van der Waals surface area contributed by atoms with Gasteiger partial charge in [-0.1, -0.05) is 18.2 Å². The Labute approximate surface area is 100 Å². The second-order valence-electron chi connectivity index (χ2n) is 3.61. The van der Waals surface area contributed by atoms with Crippen molar-refractivity contribution < 1.29 is 4.74 Å². The van der Waals surface area contributed by atoms with Crippen LogP contribution in [0.3, 0.4) is 0 Å². The molecule has 0 spiro atoms. The van der Waals surface area contributed by atoms with E-state index in [9.17, 15) is 0 Å². The van der Waals surface area contributed by atoms with Gasteiger partial charge in [-0.25, -0.2) is 0 Å². The lowest BCUT2D eigenvalue weighted by Crippen LogP contribution is -1.98. The predicted molar refractivity (Wildman–Crippen MR) is 67.2 cm³/mol. The Morgan fingerprint density at radius 1 is 1.19 bits per heavy atom. The van der Waals surface area contributed by atoms with E-state index < -0.39 is 0 Å². The zero-order chi connectivity index (χ0) is 11.2. The summed E-state index contributed by atoms with van der Waals surface area (Å²) in [6.07, 6.45) is 3.74. The first-order valence-corrected chi connectivity index (χ1v) is 5.97. The Kier molecular flexibility index (Phi) is 4.00. The number of rotatable bonds is 5. The number of nitrogens with zero attached hydrogens (tertiary/aromatic N) is 1. The Balaban J connectivity index is 2.02. The van der Waals surface area contributed by atoms with Gasteiger partial charge in [-0.15, -0.1) is 11.6 Å². The van der Waals surface area contributed by atoms with Crippen molar-refractivity contribution in [3.8, 4) is 5.75 Å². The zero-order valence-corrected chi connectivity index (χ0v) is 9.78. The van der Waals surface area contributed by atoms with E-state index in [4.69, 9.17) is 16.3 Å². The lowest BCUT2D eigenvalue weighted by Gasteiger charge is -2.05. The number of hydrogen-bond donors (Lipinski definition) is 0. The van der Waals surface area contributed by atoms with Crippen molar-refractivity contribution in [1.29, 1.82) is 0 Å². The van der Waals surface area contributed by atoms with Crippen molar-refractivity contribution in [2.45, 2.75) is 12.8 Å². The summed E-state index contributed by atoms with van der Waals surface area (Å²) in [4.78, 5) is 4.33. The van der Waals surface area contributed by atoms with Crippen molar-refractivity contribution in [3.05, 3.63) is 36.5 Å². The number of para-hydroxylation sites is 1. The van der Waals surface area contributed by atoms with E-state index in [0.717, 1.165) is 29.5 Å². The SMILES string of the molecule is ClCCCCOc1cnc2ccccc2c1. The standard InChI is InChI=1S/C13H14ClNO/c14-7-3-4-8-16-12-9-11-5-1-2-6-13(11)15-10-12/h1-2,5-6,9-10H,3-4,7-8H2. The minimum atomic E-state index is 0.694. The molecule has 84 valence electrons. The van der Waals surface area contributed by atoms with Crippen LogP contribution < -0.4 is 4.74 Å². The molecule has 0 saturated heterocycles. The van der Waals surface area contributed by atoms with Gasteiger partial charge in [-0.05, 0) is 25.0 Å². The number of alkyl halides is 1. The fourth-order valence-electron chi connectivity index (χ4n) is 1.52. The molecule has 1 aromatic carbocycles. The van der Waals surface area contributed by atoms with Gasteiger partial charge in [-0.2, -0.15) is 0 Å². The van der Waals surface area contributed by atoms with Crippen LogP contribution >= 0.6 is 11.6 Å². The van der Waals surface area contributed by atoms with Gasteiger partial charge in [0.1, 0.15) is 5.75 Å². The summed E-state index contributed by atoms with van der Waals surface area (Å²) in [6, 6.07) is 10.0. The summed E-state index contributed by atoms with van der Waals surface area (Å²) in [5.41, 5.74) is 0.996. The molecule has 0 aliphatic carbocycles. The molecule has 0 radical (unpaired) electrons. The third-order valence-corrected chi connectivity index (χ3v) is 2.63. The molecule has 2 aromatic rings. The number of halogens is 1. The smallest absolute Gasteiger partial charge is 0.138 e. The highest BCUT2D eigenvalue weighted by atomic mass is 35.5. The summed E-state index contributed by atoms with van der Waals surface area (Å²) in [6.45, 7) is 0.701. The molecule has 0 saturated carbocycles. The van der Waals surface area contributed by atoms with Crippen LogP contribution in [0, 0.1) is 0 Å². The summed E-state index contributed by atoms with van der Waals surface area (Å²) in [5.74, 6) is 1.52. The third-order valence-electron chi connectivity index (χ3n) is 2.36. The molecular formula is C13H14ClNO. The summed E-state index contributed by atoms with van der Waals surface area (Å²) < 4.78 is 5.60. The lowest BCUT2D eigenvalue weighted by molar-refractivity contribution is 0.309. The number of fused-ring (bicyclic) bond motifs is 1. The first-order valence-electron chi connectivity index (χ1n) is 5.44. The molecular weight excluding hydrogens is 222 g/mol. The quantitative estimate of drug-likeness (QED) is 0.583. The molecule has 0 aliphatic heterocycles. The minimum Gasteiger partial charge on any atom is -0.492 e. The number of aromatic nitrogens is 1. The Hall–Kier alpha value is -1.28. The van der Waals surface area contributed by atoms with Crippen LogP contribution in [-0.2, 0) is 0 Å². The maximum Gasteiger partial charge on any atom is 0.138 e. The molecule has 0 atom stereocenters. The molecule has 0 unspecified atom stereocenters. The number of ether oxygens (including phenoxy) is 1. The van der Waals surface area contributed by atoms with Crippen LogP contribution in [0.5, 0.6) is 5.75 Å². The Morgan fingerprint density at radius 3 is 2.94 bits per heavy atom. The maximum absolute atomic E-state index is 5.60. The van der Waals surface area contributed by atoms with Crippen LogP contribution in [0.2, 0.25) is 0 Å². The highest BCUT2D eigenvalue weighted by molar-refractivity contribution is 6.17. The third kappa shape index (κ3) is 2.86. The van der Waals surface area contributed by atoms with Crippen LogP contribution in [-0.4, -0.2) is 17.5 Å². The van der Waals surface area contributed by atoms with E-state index in [1.807, 2.05) is 30.3 Å². The topological polar surface area (TPSA) is 22.1 Å². The highest BCUT2D eigenvalue weighted by Gasteiger charge is 1.97. The molecule has 0 aliphatic rings. The normalized spacial score (nSPS) is 10.6. The maximum atomic E-state index is 5.60. The van der Waals surface area contributed by atoms with E-state index in [2.05, 4.69) is 4.98 Å². The molecule has 0 fully saturated rings. The molecule has 2 nitrogen and oxygen atoms in total. The average Bonchev–Trinajstić information content (AvgIpc) is 2.34. The molecule has 0 N–H and O–H groups in total. The van der Waals surface area contributed by atoms with E-state index >= 15 is 0 Å². The molecule has 0 bridgehead atoms. The molecule has 2 rings (SSSR count). The van der Waals surface area contributed by atoms with Crippen molar-refractivity contribution in [1.82, 2.24) is 4.98 Å². The largest absolute Gasteiger partial charge is 0.492 e. The Bertz CT molecular complexity index is 458. The van der Waals surface area contributed by atoms with Gasteiger partial charge in [0.25, 0.3) is 0 Å². The number of unbranched alkanes of at least 4 members (excludes halogenated alkanes) is 1. The van der Waals surface area contributed by atoms with Crippen molar-refractivity contribution in [3.63, 3.8) is 0 Å². The first kappa shape index (κ1) is 11.2. The second kappa shape index (κ2) is 5.71. The number of hydrogen-bond acceptors (Lipinski definition) is 2. The van der Waals surface area contributed by atoms with E-state index in [0.29, 0.717) is 12.5 Å². The van der Waals surface area contributed by atoms with Crippen LogP contribution in [0.4, 0.5) is 0 Å². The fourth-order valence-corrected chi connectivity index (χ4v) is 1.71. The fraction of sp³-hybridized carbons (Fsp3) is 0.308.